The first-order chi connectivity index (χ1) is 7.70. The van der Waals surface area contributed by atoms with Crippen LogP contribution in [-0.2, 0) is 6.42 Å². The van der Waals surface area contributed by atoms with Gasteiger partial charge in [0.1, 0.15) is 0 Å². The summed E-state index contributed by atoms with van der Waals surface area (Å²) in [4.78, 5) is 0. The summed E-state index contributed by atoms with van der Waals surface area (Å²) in [6, 6.07) is 6.86. The summed E-state index contributed by atoms with van der Waals surface area (Å²) in [6.45, 7) is 0. The van der Waals surface area contributed by atoms with E-state index in [1.54, 1.807) is 0 Å². The zero-order chi connectivity index (χ0) is 11.5. The van der Waals surface area contributed by atoms with Gasteiger partial charge in [-0.25, -0.2) is 0 Å². The third-order valence-electron chi connectivity index (χ3n) is 3.53. The van der Waals surface area contributed by atoms with Gasteiger partial charge < -0.3 is 5.32 Å². The van der Waals surface area contributed by atoms with Crippen LogP contribution in [0.5, 0.6) is 0 Å². The Kier molecular flexibility index (Phi) is 4.28. The van der Waals surface area contributed by atoms with E-state index >= 15 is 0 Å². The van der Waals surface area contributed by atoms with Crippen molar-refractivity contribution >= 4 is 27.5 Å². The Hall–Kier alpha value is -0.0500. The molecule has 0 amide bonds. The number of halogens is 2. The quantitative estimate of drug-likeness (QED) is 0.889. The van der Waals surface area contributed by atoms with Crippen molar-refractivity contribution in [1.82, 2.24) is 5.32 Å². The lowest BCUT2D eigenvalue weighted by molar-refractivity contribution is 0.423. The lowest BCUT2D eigenvalue weighted by Gasteiger charge is -2.19. The summed E-state index contributed by atoms with van der Waals surface area (Å²) in [7, 11) is 2.06. The van der Waals surface area contributed by atoms with E-state index in [0.29, 0.717) is 6.04 Å². The van der Waals surface area contributed by atoms with Gasteiger partial charge in [-0.15, -0.1) is 0 Å². The minimum absolute atomic E-state index is 0.666. The van der Waals surface area contributed by atoms with Crippen molar-refractivity contribution in [2.24, 2.45) is 5.92 Å². The summed E-state index contributed by atoms with van der Waals surface area (Å²) < 4.78 is 1.05. The topological polar surface area (TPSA) is 12.0 Å². The predicted octanol–water partition coefficient (Wildman–Crippen LogP) is 4.03. The van der Waals surface area contributed by atoms with Gasteiger partial charge in [-0.3, -0.25) is 0 Å². The molecule has 0 radical (unpaired) electrons. The second-order valence-electron chi connectivity index (χ2n) is 4.53. The molecule has 2 unspecified atom stereocenters. The molecular weight excluding hydrogens is 286 g/mol. The van der Waals surface area contributed by atoms with E-state index in [2.05, 4.69) is 40.4 Å². The molecule has 16 heavy (non-hydrogen) atoms. The van der Waals surface area contributed by atoms with Crippen LogP contribution in [-0.4, -0.2) is 13.1 Å². The first-order valence-electron chi connectivity index (χ1n) is 5.82. The van der Waals surface area contributed by atoms with Crippen molar-refractivity contribution in [3.8, 4) is 0 Å². The molecule has 0 saturated heterocycles. The molecule has 88 valence electrons. The molecule has 3 heteroatoms. The molecule has 2 atom stereocenters. The smallest absolute Gasteiger partial charge is 0.0449 e. The van der Waals surface area contributed by atoms with Crippen LogP contribution in [0.25, 0.3) is 0 Å². The van der Waals surface area contributed by atoms with Crippen LogP contribution in [0.3, 0.4) is 0 Å². The van der Waals surface area contributed by atoms with Crippen LogP contribution < -0.4 is 5.32 Å². The van der Waals surface area contributed by atoms with Gasteiger partial charge in [-0.1, -0.05) is 40.0 Å². The van der Waals surface area contributed by atoms with Crippen molar-refractivity contribution < 1.29 is 0 Å². The largest absolute Gasteiger partial charge is 0.317 e. The van der Waals surface area contributed by atoms with Crippen molar-refractivity contribution in [1.29, 1.82) is 0 Å². The Morgan fingerprint density at radius 2 is 2.25 bits per heavy atom. The van der Waals surface area contributed by atoms with Gasteiger partial charge in [0.25, 0.3) is 0 Å². The molecule has 2 rings (SSSR count). The fraction of sp³-hybridized carbons (Fsp3) is 0.538. The third kappa shape index (κ3) is 2.79. The Morgan fingerprint density at radius 1 is 1.44 bits per heavy atom. The van der Waals surface area contributed by atoms with Gasteiger partial charge >= 0.3 is 0 Å². The van der Waals surface area contributed by atoms with Crippen molar-refractivity contribution in [3.63, 3.8) is 0 Å². The second-order valence-corrected chi connectivity index (χ2v) is 5.85. The number of hydrogen-bond acceptors (Lipinski definition) is 1. The Bertz CT molecular complexity index is 367. The van der Waals surface area contributed by atoms with Gasteiger partial charge in [-0.05, 0) is 49.9 Å². The standard InChI is InChI=1S/C13H17BrClN/c1-16-13-4-2-3-10(13)7-9-5-6-11(14)8-12(9)15/h5-6,8,10,13,16H,2-4,7H2,1H3. The molecule has 0 bridgehead atoms. The average Bonchev–Trinajstić information content (AvgIpc) is 2.69. The van der Waals surface area contributed by atoms with Gasteiger partial charge in [0, 0.05) is 15.5 Å². The minimum Gasteiger partial charge on any atom is -0.317 e. The van der Waals surface area contributed by atoms with Crippen LogP contribution in [0.2, 0.25) is 5.02 Å². The third-order valence-corrected chi connectivity index (χ3v) is 4.37. The highest BCUT2D eigenvalue weighted by molar-refractivity contribution is 9.10. The molecule has 1 nitrogen and oxygen atoms in total. The molecule has 1 saturated carbocycles. The van der Waals surface area contributed by atoms with Crippen LogP contribution in [0.1, 0.15) is 24.8 Å². The number of hydrogen-bond donors (Lipinski definition) is 1. The second kappa shape index (κ2) is 5.52. The van der Waals surface area contributed by atoms with E-state index < -0.39 is 0 Å². The summed E-state index contributed by atoms with van der Waals surface area (Å²) in [5, 5.41) is 4.30. The van der Waals surface area contributed by atoms with E-state index in [-0.39, 0.29) is 0 Å². The van der Waals surface area contributed by atoms with E-state index in [9.17, 15) is 0 Å². The maximum atomic E-state index is 6.25. The van der Waals surface area contributed by atoms with Gasteiger partial charge in [-0.2, -0.15) is 0 Å². The zero-order valence-electron chi connectivity index (χ0n) is 9.47. The monoisotopic (exact) mass is 301 g/mol. The molecule has 1 aliphatic carbocycles. The van der Waals surface area contributed by atoms with Gasteiger partial charge in [0.15, 0.2) is 0 Å². The summed E-state index contributed by atoms with van der Waals surface area (Å²) in [5.74, 6) is 0.740. The lowest BCUT2D eigenvalue weighted by Crippen LogP contribution is -2.30. The number of benzene rings is 1. The molecule has 1 aromatic carbocycles. The van der Waals surface area contributed by atoms with Gasteiger partial charge in [0.05, 0.1) is 0 Å². The minimum atomic E-state index is 0.666. The fourth-order valence-corrected chi connectivity index (χ4v) is 3.38. The van der Waals surface area contributed by atoms with Crippen molar-refractivity contribution in [2.75, 3.05) is 7.05 Å². The number of rotatable bonds is 3. The first-order valence-corrected chi connectivity index (χ1v) is 6.99. The highest BCUT2D eigenvalue weighted by Crippen LogP contribution is 2.31. The van der Waals surface area contributed by atoms with Crippen molar-refractivity contribution in [2.45, 2.75) is 31.7 Å². The highest BCUT2D eigenvalue weighted by Gasteiger charge is 2.26. The Morgan fingerprint density at radius 3 is 2.94 bits per heavy atom. The molecule has 0 aliphatic heterocycles. The van der Waals surface area contributed by atoms with Crippen LogP contribution in [0, 0.1) is 5.92 Å². The lowest BCUT2D eigenvalue weighted by atomic mass is 9.95. The summed E-state index contributed by atoms with van der Waals surface area (Å²) in [6.07, 6.45) is 5.05. The fourth-order valence-electron chi connectivity index (χ4n) is 2.63. The van der Waals surface area contributed by atoms with E-state index in [1.807, 2.05) is 6.07 Å². The Labute approximate surface area is 111 Å². The highest BCUT2D eigenvalue weighted by atomic mass is 79.9. The maximum Gasteiger partial charge on any atom is 0.0449 e. The molecule has 0 spiro atoms. The molecule has 1 fully saturated rings. The molecule has 1 N–H and O–H groups in total. The summed E-state index contributed by atoms with van der Waals surface area (Å²) in [5.41, 5.74) is 1.28. The zero-order valence-corrected chi connectivity index (χ0v) is 11.8. The maximum absolute atomic E-state index is 6.25. The van der Waals surface area contributed by atoms with E-state index in [4.69, 9.17) is 11.6 Å². The van der Waals surface area contributed by atoms with Crippen LogP contribution in [0.4, 0.5) is 0 Å². The van der Waals surface area contributed by atoms with E-state index in [0.717, 1.165) is 21.8 Å². The van der Waals surface area contributed by atoms with Crippen LogP contribution in [0.15, 0.2) is 22.7 Å². The first kappa shape index (κ1) is 12.4. The normalized spacial score (nSPS) is 24.9. The molecule has 0 heterocycles. The molecule has 1 aliphatic rings. The Balaban J connectivity index is 2.08. The van der Waals surface area contributed by atoms with Crippen molar-refractivity contribution in [3.05, 3.63) is 33.3 Å². The molecule has 1 aromatic rings. The predicted molar refractivity (Wildman–Crippen MR) is 73.0 cm³/mol. The number of nitrogens with one attached hydrogen (secondary N) is 1. The SMILES string of the molecule is CNC1CCCC1Cc1ccc(Br)cc1Cl. The van der Waals surface area contributed by atoms with Gasteiger partial charge in [0.2, 0.25) is 0 Å². The molecular formula is C13H17BrClN. The average molecular weight is 303 g/mol. The summed E-state index contributed by atoms with van der Waals surface area (Å²) >= 11 is 9.69. The van der Waals surface area contributed by atoms with E-state index in [1.165, 1.54) is 24.8 Å². The molecule has 0 aromatic heterocycles. The van der Waals surface area contributed by atoms with Crippen LogP contribution >= 0.6 is 27.5 Å².